The second-order valence-electron chi connectivity index (χ2n) is 4.24. The van der Waals surface area contributed by atoms with E-state index < -0.39 is 16.0 Å². The highest BCUT2D eigenvalue weighted by Crippen LogP contribution is 2.18. The molecule has 1 aromatic rings. The Morgan fingerprint density at radius 3 is 2.65 bits per heavy atom. The van der Waals surface area contributed by atoms with E-state index in [0.717, 1.165) is 24.2 Å². The highest BCUT2D eigenvalue weighted by atomic mass is 32.2. The zero-order chi connectivity index (χ0) is 12.1. The minimum atomic E-state index is -1.23. The highest BCUT2D eigenvalue weighted by Gasteiger charge is 2.26. The van der Waals surface area contributed by atoms with Gasteiger partial charge in [-0.3, -0.25) is 9.00 Å². The van der Waals surface area contributed by atoms with Crippen molar-refractivity contribution < 1.29 is 9.00 Å². The fraction of sp³-hybridized carbons (Fsp3) is 0.462. The summed E-state index contributed by atoms with van der Waals surface area (Å²) in [5.74, 6) is -0.0631. The number of carbonyl (C=O) groups excluding carboxylic acids is 1. The lowest BCUT2D eigenvalue weighted by Gasteiger charge is -2.19. The van der Waals surface area contributed by atoms with E-state index in [0.29, 0.717) is 13.0 Å². The zero-order valence-corrected chi connectivity index (χ0v) is 10.5. The molecule has 0 aromatic heterocycles. The molecule has 0 unspecified atom stereocenters. The summed E-state index contributed by atoms with van der Waals surface area (Å²) >= 11 is 0. The van der Waals surface area contributed by atoms with Crippen LogP contribution in [0.2, 0.25) is 0 Å². The van der Waals surface area contributed by atoms with Gasteiger partial charge in [0, 0.05) is 11.4 Å². The monoisotopic (exact) mass is 251 g/mol. The molecule has 0 spiro atoms. The van der Waals surface area contributed by atoms with E-state index >= 15 is 0 Å². The predicted octanol–water partition coefficient (Wildman–Crippen LogP) is 1.85. The lowest BCUT2D eigenvalue weighted by Crippen LogP contribution is -2.39. The van der Waals surface area contributed by atoms with E-state index in [9.17, 15) is 9.00 Å². The highest BCUT2D eigenvalue weighted by molar-refractivity contribution is 7.86. The maximum absolute atomic E-state index is 12.3. The van der Waals surface area contributed by atoms with Crippen LogP contribution in [-0.4, -0.2) is 21.9 Å². The Kier molecular flexibility index (Phi) is 4.31. The molecule has 1 fully saturated rings. The van der Waals surface area contributed by atoms with E-state index in [4.69, 9.17) is 0 Å². The minimum Gasteiger partial charge on any atom is -0.355 e. The van der Waals surface area contributed by atoms with Gasteiger partial charge in [0.25, 0.3) is 0 Å². The van der Waals surface area contributed by atoms with Crippen molar-refractivity contribution in [1.29, 1.82) is 0 Å². The predicted molar refractivity (Wildman–Crippen MR) is 68.1 cm³/mol. The van der Waals surface area contributed by atoms with Crippen LogP contribution >= 0.6 is 0 Å². The summed E-state index contributed by atoms with van der Waals surface area (Å²) < 4.78 is 12.3. The number of carbonyl (C=O) groups is 1. The van der Waals surface area contributed by atoms with Crippen LogP contribution in [0.4, 0.5) is 0 Å². The molecule has 1 N–H and O–H groups in total. The third-order valence-electron chi connectivity index (χ3n) is 2.97. The molecule has 0 aliphatic carbocycles. The summed E-state index contributed by atoms with van der Waals surface area (Å²) in [5, 5.41) is 2.46. The molecule has 1 amide bonds. The standard InChI is InChI=1S/C13H17NO2S/c15-13-12(9-5-2-6-10-14-13)17(16)11-7-3-1-4-8-11/h1,3-4,7-8,12H,2,5-6,9-10H2,(H,14,15)/t12-,17+/m1/s1. The van der Waals surface area contributed by atoms with E-state index in [1.807, 2.05) is 30.3 Å². The molecule has 0 radical (unpaired) electrons. The van der Waals surface area contributed by atoms with E-state index in [2.05, 4.69) is 5.32 Å². The molecule has 3 nitrogen and oxygen atoms in total. The van der Waals surface area contributed by atoms with Gasteiger partial charge in [0.15, 0.2) is 0 Å². The quantitative estimate of drug-likeness (QED) is 0.872. The number of benzene rings is 1. The second-order valence-corrected chi connectivity index (χ2v) is 5.87. The number of rotatable bonds is 2. The normalized spacial score (nSPS) is 23.3. The van der Waals surface area contributed by atoms with Crippen LogP contribution in [0.25, 0.3) is 0 Å². The maximum atomic E-state index is 12.3. The fourth-order valence-electron chi connectivity index (χ4n) is 2.01. The number of hydrogen-bond acceptors (Lipinski definition) is 2. The largest absolute Gasteiger partial charge is 0.355 e. The smallest absolute Gasteiger partial charge is 0.236 e. The molecule has 1 aliphatic rings. The van der Waals surface area contributed by atoms with Gasteiger partial charge in [-0.1, -0.05) is 31.0 Å². The Labute approximate surface area is 104 Å². The Morgan fingerprint density at radius 1 is 1.12 bits per heavy atom. The summed E-state index contributed by atoms with van der Waals surface area (Å²) in [6.45, 7) is 0.710. The fourth-order valence-corrected chi connectivity index (χ4v) is 3.42. The Bertz CT molecular complexity index is 405. The van der Waals surface area contributed by atoms with Gasteiger partial charge in [-0.25, -0.2) is 0 Å². The van der Waals surface area contributed by atoms with Gasteiger partial charge in [-0.05, 0) is 25.0 Å². The van der Waals surface area contributed by atoms with Crippen molar-refractivity contribution in [2.75, 3.05) is 6.54 Å². The van der Waals surface area contributed by atoms with Crippen LogP contribution in [0.15, 0.2) is 35.2 Å². The first-order valence-corrected chi connectivity index (χ1v) is 7.23. The average Bonchev–Trinajstić information content (AvgIpc) is 2.35. The molecule has 1 saturated heterocycles. The van der Waals surface area contributed by atoms with Crippen molar-refractivity contribution in [2.24, 2.45) is 0 Å². The molecular weight excluding hydrogens is 234 g/mol. The Morgan fingerprint density at radius 2 is 1.88 bits per heavy atom. The molecule has 2 rings (SSSR count). The van der Waals surface area contributed by atoms with Gasteiger partial charge in [-0.15, -0.1) is 0 Å². The summed E-state index contributed by atoms with van der Waals surface area (Å²) in [6.07, 6.45) is 3.82. The van der Waals surface area contributed by atoms with Gasteiger partial charge < -0.3 is 5.32 Å². The Hall–Kier alpha value is -1.16. The maximum Gasteiger partial charge on any atom is 0.236 e. The Balaban J connectivity index is 2.13. The van der Waals surface area contributed by atoms with Crippen molar-refractivity contribution in [1.82, 2.24) is 5.32 Å². The van der Waals surface area contributed by atoms with Crippen molar-refractivity contribution in [3.63, 3.8) is 0 Å². The van der Waals surface area contributed by atoms with Crippen molar-refractivity contribution in [2.45, 2.75) is 35.8 Å². The topological polar surface area (TPSA) is 46.2 Å². The molecule has 4 heteroatoms. The first-order valence-electron chi connectivity index (χ1n) is 6.02. The van der Waals surface area contributed by atoms with Crippen LogP contribution < -0.4 is 5.32 Å². The summed E-state index contributed by atoms with van der Waals surface area (Å²) in [5.41, 5.74) is 0. The molecule has 1 heterocycles. The average molecular weight is 251 g/mol. The van der Waals surface area contributed by atoms with E-state index in [1.165, 1.54) is 0 Å². The van der Waals surface area contributed by atoms with Gasteiger partial charge >= 0.3 is 0 Å². The second kappa shape index (κ2) is 5.96. The SMILES string of the molecule is O=C1NCCCCC[C@H]1[S@@](=O)c1ccccc1. The molecule has 1 aliphatic heterocycles. The summed E-state index contributed by atoms with van der Waals surface area (Å²) in [4.78, 5) is 12.6. The third-order valence-corrected chi connectivity index (χ3v) is 4.67. The van der Waals surface area contributed by atoms with Crippen LogP contribution in [0.5, 0.6) is 0 Å². The van der Waals surface area contributed by atoms with Crippen LogP contribution in [0.1, 0.15) is 25.7 Å². The molecular formula is C13H17NO2S. The van der Waals surface area contributed by atoms with Crippen LogP contribution in [-0.2, 0) is 15.6 Å². The first kappa shape index (κ1) is 12.3. The van der Waals surface area contributed by atoms with E-state index in [1.54, 1.807) is 0 Å². The molecule has 0 saturated carbocycles. The van der Waals surface area contributed by atoms with Crippen LogP contribution in [0.3, 0.4) is 0 Å². The van der Waals surface area contributed by atoms with E-state index in [-0.39, 0.29) is 5.91 Å². The van der Waals surface area contributed by atoms with Gasteiger partial charge in [0.1, 0.15) is 5.25 Å². The number of hydrogen-bond donors (Lipinski definition) is 1. The summed E-state index contributed by atoms with van der Waals surface area (Å²) in [6, 6.07) is 9.24. The number of amides is 1. The van der Waals surface area contributed by atoms with Gasteiger partial charge in [0.2, 0.25) is 5.91 Å². The minimum absolute atomic E-state index is 0.0631. The van der Waals surface area contributed by atoms with Crippen LogP contribution in [0, 0.1) is 0 Å². The third kappa shape index (κ3) is 3.16. The lowest BCUT2D eigenvalue weighted by molar-refractivity contribution is -0.120. The van der Waals surface area contributed by atoms with Crippen molar-refractivity contribution >= 4 is 16.7 Å². The first-order chi connectivity index (χ1) is 8.29. The zero-order valence-electron chi connectivity index (χ0n) is 9.72. The van der Waals surface area contributed by atoms with Crippen molar-refractivity contribution in [3.8, 4) is 0 Å². The van der Waals surface area contributed by atoms with Gasteiger partial charge in [0.05, 0.1) is 10.8 Å². The summed E-state index contributed by atoms with van der Waals surface area (Å²) in [7, 11) is -1.23. The lowest BCUT2D eigenvalue weighted by atomic mass is 10.1. The number of nitrogens with one attached hydrogen (secondary N) is 1. The molecule has 92 valence electrons. The van der Waals surface area contributed by atoms with Crippen molar-refractivity contribution in [3.05, 3.63) is 30.3 Å². The molecule has 2 atom stereocenters. The molecule has 0 bridgehead atoms. The molecule has 1 aromatic carbocycles. The molecule has 17 heavy (non-hydrogen) atoms. The van der Waals surface area contributed by atoms with Gasteiger partial charge in [-0.2, -0.15) is 0 Å².